The van der Waals surface area contributed by atoms with Gasteiger partial charge in [0.15, 0.2) is 0 Å². The van der Waals surface area contributed by atoms with Crippen molar-refractivity contribution in [2.24, 2.45) is 0 Å². The first-order valence-corrected chi connectivity index (χ1v) is 14.4. The van der Waals surface area contributed by atoms with Crippen molar-refractivity contribution in [1.82, 2.24) is 15.1 Å². The van der Waals surface area contributed by atoms with Crippen LogP contribution in [0.15, 0.2) is 12.1 Å². The number of unbranched alkanes of at least 4 members (excludes halogenated alkanes) is 1. The molecule has 1 unspecified atom stereocenters. The quantitative estimate of drug-likeness (QED) is 0.451. The van der Waals surface area contributed by atoms with Gasteiger partial charge in [-0.05, 0) is 83.5 Å². The molecule has 2 saturated heterocycles. The van der Waals surface area contributed by atoms with Crippen LogP contribution in [0.3, 0.4) is 0 Å². The van der Waals surface area contributed by atoms with Crippen LogP contribution in [0.5, 0.6) is 5.75 Å². The highest BCUT2D eigenvalue weighted by Crippen LogP contribution is 2.38. The van der Waals surface area contributed by atoms with Crippen molar-refractivity contribution in [2.45, 2.75) is 77.5 Å². The first-order chi connectivity index (χ1) is 18.8. The number of aryl methyl sites for hydroxylation is 1. The number of nitrogens with zero attached hydrogens (tertiary/aromatic N) is 3. The topological polar surface area (TPSA) is 101 Å². The average molecular weight is 545 g/mol. The number of benzene rings is 1. The minimum Gasteiger partial charge on any atom is -0.475 e. The van der Waals surface area contributed by atoms with Gasteiger partial charge >= 0.3 is 6.09 Å². The zero-order valence-electron chi connectivity index (χ0n) is 23.9. The van der Waals surface area contributed by atoms with Gasteiger partial charge in [-0.3, -0.25) is 9.59 Å². The summed E-state index contributed by atoms with van der Waals surface area (Å²) >= 11 is 0. The van der Waals surface area contributed by atoms with Gasteiger partial charge in [0.2, 0.25) is 6.10 Å². The maximum atomic E-state index is 13.9. The van der Waals surface area contributed by atoms with Crippen LogP contribution in [0.2, 0.25) is 0 Å². The Bertz CT molecular complexity index is 1020. The minimum atomic E-state index is -0.937. The molecular formula is C29H44N4O6. The number of methoxy groups -OCH3 is 1. The third-order valence-corrected chi connectivity index (χ3v) is 7.80. The second-order valence-electron chi connectivity index (χ2n) is 11.0. The van der Waals surface area contributed by atoms with Crippen LogP contribution >= 0.6 is 0 Å². The van der Waals surface area contributed by atoms with E-state index in [4.69, 9.17) is 14.2 Å². The SMILES string of the molecule is COCCCCN1C(=O)C(COC(=O)N2CCCC2)Oc2cc(C)c(C(=O)N(C(C)C)[C@@H]3CCCNC3)cc21. The predicted octanol–water partition coefficient (Wildman–Crippen LogP) is 3.35. The van der Waals surface area contributed by atoms with Crippen LogP contribution in [0, 0.1) is 6.92 Å². The van der Waals surface area contributed by atoms with E-state index >= 15 is 0 Å². The van der Waals surface area contributed by atoms with Gasteiger partial charge < -0.3 is 34.2 Å². The molecule has 10 heteroatoms. The van der Waals surface area contributed by atoms with E-state index in [1.807, 2.05) is 31.7 Å². The van der Waals surface area contributed by atoms with Crippen molar-refractivity contribution in [1.29, 1.82) is 0 Å². The fourth-order valence-electron chi connectivity index (χ4n) is 5.72. The summed E-state index contributed by atoms with van der Waals surface area (Å²) in [6.07, 6.45) is 4.08. The third-order valence-electron chi connectivity index (χ3n) is 7.80. The second-order valence-corrected chi connectivity index (χ2v) is 11.0. The number of anilines is 1. The number of ether oxygens (including phenoxy) is 3. The number of hydrogen-bond donors (Lipinski definition) is 1. The second kappa shape index (κ2) is 13.5. The highest BCUT2D eigenvalue weighted by molar-refractivity contribution is 6.03. The Morgan fingerprint density at radius 3 is 2.62 bits per heavy atom. The number of piperidine rings is 1. The molecule has 1 aromatic carbocycles. The van der Waals surface area contributed by atoms with Crippen LogP contribution in [0.1, 0.15) is 68.3 Å². The molecule has 0 bridgehead atoms. The first-order valence-electron chi connectivity index (χ1n) is 14.4. The van der Waals surface area contributed by atoms with E-state index < -0.39 is 12.2 Å². The van der Waals surface area contributed by atoms with E-state index in [9.17, 15) is 14.4 Å². The molecule has 39 heavy (non-hydrogen) atoms. The molecule has 3 aliphatic rings. The molecular weight excluding hydrogens is 500 g/mol. The van der Waals surface area contributed by atoms with Gasteiger partial charge in [-0.2, -0.15) is 0 Å². The van der Waals surface area contributed by atoms with Gasteiger partial charge in [0, 0.05) is 57.5 Å². The van der Waals surface area contributed by atoms with Crippen molar-refractivity contribution in [2.75, 3.05) is 57.9 Å². The van der Waals surface area contributed by atoms with Crippen LogP contribution in [-0.2, 0) is 14.3 Å². The lowest BCUT2D eigenvalue weighted by Gasteiger charge is -2.39. The largest absolute Gasteiger partial charge is 0.475 e. The molecule has 0 aromatic heterocycles. The molecule has 2 atom stereocenters. The molecule has 0 saturated carbocycles. The normalized spacial score (nSPS) is 21.1. The third kappa shape index (κ3) is 6.84. The van der Waals surface area contributed by atoms with Crippen LogP contribution in [-0.4, -0.2) is 98.9 Å². The summed E-state index contributed by atoms with van der Waals surface area (Å²) in [6.45, 7) is 9.98. The van der Waals surface area contributed by atoms with Gasteiger partial charge in [0.05, 0.1) is 5.69 Å². The molecule has 3 amide bonds. The summed E-state index contributed by atoms with van der Waals surface area (Å²) in [4.78, 5) is 45.3. The highest BCUT2D eigenvalue weighted by atomic mass is 16.6. The van der Waals surface area contributed by atoms with Gasteiger partial charge in [0.1, 0.15) is 12.4 Å². The van der Waals surface area contributed by atoms with Crippen LogP contribution in [0.4, 0.5) is 10.5 Å². The molecule has 216 valence electrons. The van der Waals surface area contributed by atoms with Crippen molar-refractivity contribution in [3.8, 4) is 5.75 Å². The lowest BCUT2D eigenvalue weighted by atomic mass is 9.99. The van der Waals surface area contributed by atoms with E-state index in [1.54, 1.807) is 23.0 Å². The number of hydrogen-bond acceptors (Lipinski definition) is 7. The Balaban J connectivity index is 1.58. The number of nitrogens with one attached hydrogen (secondary N) is 1. The standard InChI is InChI=1S/C29H44N4O6/c1-20(2)33(22-10-9-11-30-18-22)27(34)23-17-24-25(16-21(23)3)39-26(19-38-29(36)31-12-5-6-13-31)28(35)32(24)14-7-8-15-37-4/h16-17,20,22,26,30H,5-15,18-19H2,1-4H3/t22-,26?/m1/s1. The minimum absolute atomic E-state index is 0.0348. The number of rotatable bonds is 10. The maximum absolute atomic E-state index is 13.9. The Morgan fingerprint density at radius 2 is 1.95 bits per heavy atom. The summed E-state index contributed by atoms with van der Waals surface area (Å²) in [5, 5.41) is 3.41. The molecule has 0 radical (unpaired) electrons. The van der Waals surface area contributed by atoms with Crippen LogP contribution in [0.25, 0.3) is 0 Å². The van der Waals surface area contributed by atoms with Gasteiger partial charge in [0.25, 0.3) is 11.8 Å². The number of amides is 3. The first kappa shape index (κ1) is 29.1. The summed E-state index contributed by atoms with van der Waals surface area (Å²) in [7, 11) is 1.66. The fraction of sp³-hybridized carbons (Fsp3) is 0.690. The Kier molecular flexibility index (Phi) is 10.1. The van der Waals surface area contributed by atoms with Crippen molar-refractivity contribution in [3.63, 3.8) is 0 Å². The molecule has 0 aliphatic carbocycles. The van der Waals surface area contributed by atoms with E-state index in [0.717, 1.165) is 57.2 Å². The Hall–Kier alpha value is -2.85. The predicted molar refractivity (Wildman–Crippen MR) is 148 cm³/mol. The summed E-state index contributed by atoms with van der Waals surface area (Å²) < 4.78 is 16.8. The van der Waals surface area contributed by atoms with Gasteiger partial charge in [-0.1, -0.05) is 0 Å². The number of carbonyl (C=O) groups is 3. The Morgan fingerprint density at radius 1 is 1.18 bits per heavy atom. The van der Waals surface area contributed by atoms with E-state index in [1.165, 1.54) is 0 Å². The molecule has 3 aliphatic heterocycles. The average Bonchev–Trinajstić information content (AvgIpc) is 3.46. The lowest BCUT2D eigenvalue weighted by Crippen LogP contribution is -2.52. The molecule has 1 aromatic rings. The maximum Gasteiger partial charge on any atom is 0.409 e. The van der Waals surface area contributed by atoms with Crippen molar-refractivity contribution >= 4 is 23.6 Å². The summed E-state index contributed by atoms with van der Waals surface area (Å²) in [6, 6.07) is 3.80. The van der Waals surface area contributed by atoms with E-state index in [0.29, 0.717) is 43.2 Å². The number of carbonyl (C=O) groups excluding carboxylic acids is 3. The lowest BCUT2D eigenvalue weighted by molar-refractivity contribution is -0.128. The summed E-state index contributed by atoms with van der Waals surface area (Å²) in [5.74, 6) is 0.217. The van der Waals surface area contributed by atoms with Crippen LogP contribution < -0.4 is 15.0 Å². The smallest absolute Gasteiger partial charge is 0.409 e. The Labute approximate surface area is 231 Å². The van der Waals surface area contributed by atoms with Crippen molar-refractivity contribution in [3.05, 3.63) is 23.3 Å². The molecule has 10 nitrogen and oxygen atoms in total. The number of likely N-dealkylation sites (tertiary alicyclic amines) is 1. The van der Waals surface area contributed by atoms with Gasteiger partial charge in [-0.15, -0.1) is 0 Å². The molecule has 1 N–H and O–H groups in total. The van der Waals surface area contributed by atoms with E-state index in [2.05, 4.69) is 5.32 Å². The molecule has 4 rings (SSSR count). The monoisotopic (exact) mass is 544 g/mol. The molecule has 3 heterocycles. The molecule has 0 spiro atoms. The molecule has 2 fully saturated rings. The zero-order valence-corrected chi connectivity index (χ0v) is 23.9. The zero-order chi connectivity index (χ0) is 27.9. The fourth-order valence-corrected chi connectivity index (χ4v) is 5.72. The van der Waals surface area contributed by atoms with Gasteiger partial charge in [-0.25, -0.2) is 4.79 Å². The summed E-state index contributed by atoms with van der Waals surface area (Å²) in [5.41, 5.74) is 1.94. The highest BCUT2D eigenvalue weighted by Gasteiger charge is 2.38. The van der Waals surface area contributed by atoms with E-state index in [-0.39, 0.29) is 30.5 Å². The van der Waals surface area contributed by atoms with Crippen molar-refractivity contribution < 1.29 is 28.6 Å². The number of fused-ring (bicyclic) bond motifs is 1.